The third kappa shape index (κ3) is 1.62. The number of thioether (sulfide) groups is 1. The summed E-state index contributed by atoms with van der Waals surface area (Å²) in [6, 6.07) is 3.53. The number of nitrogens with zero attached hydrogens (tertiary/aromatic N) is 1. The van der Waals surface area contributed by atoms with Crippen LogP contribution in [0.25, 0.3) is 0 Å². The topological polar surface area (TPSA) is 47.0 Å². The van der Waals surface area contributed by atoms with Gasteiger partial charge >= 0.3 is 0 Å². The van der Waals surface area contributed by atoms with Crippen LogP contribution in [-0.4, -0.2) is 22.8 Å². The summed E-state index contributed by atoms with van der Waals surface area (Å²) in [5.74, 6) is 0.697. The molecule has 3 nitrogen and oxygen atoms in total. The summed E-state index contributed by atoms with van der Waals surface area (Å²) in [4.78, 5) is 26.6. The Morgan fingerprint density at radius 2 is 2.31 bits per heavy atom. The molecule has 2 heterocycles. The summed E-state index contributed by atoms with van der Waals surface area (Å²) in [6.45, 7) is 0. The van der Waals surface area contributed by atoms with Gasteiger partial charge in [-0.25, -0.2) is 4.98 Å². The van der Waals surface area contributed by atoms with Crippen LogP contribution in [0.15, 0.2) is 17.0 Å². The number of carbonyl (C=O) groups is 2. The van der Waals surface area contributed by atoms with Crippen molar-refractivity contribution in [3.05, 3.63) is 23.5 Å². The van der Waals surface area contributed by atoms with Gasteiger partial charge < -0.3 is 0 Å². The second kappa shape index (κ2) is 3.30. The molecule has 0 N–H and O–H groups in total. The highest BCUT2D eigenvalue weighted by Crippen LogP contribution is 2.26. The van der Waals surface area contributed by atoms with Gasteiger partial charge in [-0.05, 0) is 12.1 Å². The predicted molar refractivity (Wildman–Crippen MR) is 49.1 cm³/mol. The van der Waals surface area contributed by atoms with Crippen LogP contribution >= 0.6 is 11.8 Å². The molecule has 2 rings (SSSR count). The first-order valence-corrected chi connectivity index (χ1v) is 4.88. The molecule has 0 amide bonds. The monoisotopic (exact) mass is 193 g/mol. The van der Waals surface area contributed by atoms with Gasteiger partial charge in [0.05, 0.1) is 17.9 Å². The molecule has 0 bridgehead atoms. The summed E-state index contributed by atoms with van der Waals surface area (Å²) in [7, 11) is 0. The third-order valence-electron chi connectivity index (χ3n) is 1.83. The highest BCUT2D eigenvalue weighted by atomic mass is 32.2. The first-order valence-electron chi connectivity index (χ1n) is 3.89. The van der Waals surface area contributed by atoms with Gasteiger partial charge in [-0.2, -0.15) is 0 Å². The molecule has 1 aromatic rings. The van der Waals surface area contributed by atoms with E-state index in [-0.39, 0.29) is 5.78 Å². The van der Waals surface area contributed by atoms with Gasteiger partial charge in [-0.3, -0.25) is 9.59 Å². The normalized spacial score (nSPS) is 15.2. The largest absolute Gasteiger partial charge is 0.298 e. The molecule has 0 spiro atoms. The maximum atomic E-state index is 11.1. The Labute approximate surface area is 79.6 Å². The van der Waals surface area contributed by atoms with Gasteiger partial charge in [0.25, 0.3) is 0 Å². The van der Waals surface area contributed by atoms with E-state index in [2.05, 4.69) is 4.98 Å². The molecule has 0 radical (unpaired) electrons. The fourth-order valence-corrected chi connectivity index (χ4v) is 2.09. The molecule has 0 aromatic carbocycles. The number of hydrogen-bond acceptors (Lipinski definition) is 4. The van der Waals surface area contributed by atoms with Crippen molar-refractivity contribution in [2.75, 3.05) is 5.75 Å². The number of fused-ring (bicyclic) bond motifs is 1. The lowest BCUT2D eigenvalue weighted by Gasteiger charge is -2.12. The number of carbonyl (C=O) groups excluding carboxylic acids is 2. The van der Waals surface area contributed by atoms with E-state index >= 15 is 0 Å². The molecule has 4 heteroatoms. The van der Waals surface area contributed by atoms with Gasteiger partial charge in [-0.1, -0.05) is 0 Å². The molecule has 66 valence electrons. The van der Waals surface area contributed by atoms with Crippen molar-refractivity contribution < 1.29 is 9.59 Å². The maximum absolute atomic E-state index is 11.1. The molecule has 13 heavy (non-hydrogen) atoms. The Hall–Kier alpha value is -1.16. The standard InChI is InChI=1S/C9H7NO2S/c11-4-6-1-2-9-8(10-6)3-7(12)5-13-9/h1-2,4H,3,5H2. The molecular weight excluding hydrogens is 186 g/mol. The van der Waals surface area contributed by atoms with Crippen molar-refractivity contribution in [3.63, 3.8) is 0 Å². The zero-order valence-electron chi connectivity index (χ0n) is 6.82. The van der Waals surface area contributed by atoms with Crippen LogP contribution in [-0.2, 0) is 11.2 Å². The molecule has 0 unspecified atom stereocenters. The highest BCUT2D eigenvalue weighted by molar-refractivity contribution is 8.00. The van der Waals surface area contributed by atoms with E-state index in [1.54, 1.807) is 6.07 Å². The third-order valence-corrected chi connectivity index (χ3v) is 2.98. The van der Waals surface area contributed by atoms with E-state index in [0.717, 1.165) is 10.6 Å². The van der Waals surface area contributed by atoms with Gasteiger partial charge in [0, 0.05) is 4.90 Å². The summed E-state index contributed by atoms with van der Waals surface area (Å²) >= 11 is 1.49. The van der Waals surface area contributed by atoms with E-state index in [1.165, 1.54) is 11.8 Å². The van der Waals surface area contributed by atoms with Crippen molar-refractivity contribution in [2.45, 2.75) is 11.3 Å². The molecule has 0 atom stereocenters. The molecule has 0 saturated carbocycles. The lowest BCUT2D eigenvalue weighted by atomic mass is 10.2. The molecule has 0 saturated heterocycles. The minimum atomic E-state index is 0.174. The van der Waals surface area contributed by atoms with Crippen molar-refractivity contribution in [1.82, 2.24) is 4.98 Å². The second-order valence-electron chi connectivity index (χ2n) is 2.80. The van der Waals surface area contributed by atoms with Crippen molar-refractivity contribution >= 4 is 23.8 Å². The second-order valence-corrected chi connectivity index (χ2v) is 3.82. The van der Waals surface area contributed by atoms with Gasteiger partial charge in [0.1, 0.15) is 11.5 Å². The van der Waals surface area contributed by atoms with Crippen LogP contribution in [0.5, 0.6) is 0 Å². The number of ketones is 1. The first kappa shape index (κ1) is 8.44. The fourth-order valence-electron chi connectivity index (χ4n) is 1.23. The molecular formula is C9H7NO2S. The van der Waals surface area contributed by atoms with Crippen LogP contribution in [0.2, 0.25) is 0 Å². The van der Waals surface area contributed by atoms with Gasteiger partial charge in [0.15, 0.2) is 6.29 Å². The number of pyridine rings is 1. The molecule has 1 aliphatic heterocycles. The summed E-state index contributed by atoms with van der Waals surface area (Å²) < 4.78 is 0. The number of Topliss-reactive ketones (excluding diaryl/α,β-unsaturated/α-hetero) is 1. The number of hydrogen-bond donors (Lipinski definition) is 0. The van der Waals surface area contributed by atoms with Crippen LogP contribution < -0.4 is 0 Å². The van der Waals surface area contributed by atoms with Crippen molar-refractivity contribution in [2.24, 2.45) is 0 Å². The Morgan fingerprint density at radius 1 is 1.46 bits per heavy atom. The van der Waals surface area contributed by atoms with E-state index < -0.39 is 0 Å². The van der Waals surface area contributed by atoms with Crippen molar-refractivity contribution in [3.8, 4) is 0 Å². The summed E-state index contributed by atoms with van der Waals surface area (Å²) in [5, 5.41) is 0. The highest BCUT2D eigenvalue weighted by Gasteiger charge is 2.17. The zero-order valence-corrected chi connectivity index (χ0v) is 7.63. The van der Waals surface area contributed by atoms with Crippen LogP contribution in [0.3, 0.4) is 0 Å². The maximum Gasteiger partial charge on any atom is 0.168 e. The molecule has 0 aliphatic carbocycles. The number of aromatic nitrogens is 1. The summed E-state index contributed by atoms with van der Waals surface area (Å²) in [6.07, 6.45) is 1.06. The number of rotatable bonds is 1. The summed E-state index contributed by atoms with van der Waals surface area (Å²) in [5.41, 5.74) is 1.14. The smallest absolute Gasteiger partial charge is 0.168 e. The molecule has 1 aliphatic rings. The minimum absolute atomic E-state index is 0.174. The van der Waals surface area contributed by atoms with Crippen LogP contribution in [0.4, 0.5) is 0 Å². The van der Waals surface area contributed by atoms with E-state index in [1.807, 2.05) is 6.07 Å². The van der Waals surface area contributed by atoms with Crippen LogP contribution in [0, 0.1) is 0 Å². The lowest BCUT2D eigenvalue weighted by Crippen LogP contribution is -2.14. The van der Waals surface area contributed by atoms with E-state index in [0.29, 0.717) is 24.2 Å². The average molecular weight is 193 g/mol. The molecule has 1 aromatic heterocycles. The minimum Gasteiger partial charge on any atom is -0.298 e. The SMILES string of the molecule is O=Cc1ccc2c(n1)CC(=O)CS2. The van der Waals surface area contributed by atoms with Crippen LogP contribution in [0.1, 0.15) is 16.2 Å². The number of aldehydes is 1. The predicted octanol–water partition coefficient (Wildman–Crippen LogP) is 1.11. The van der Waals surface area contributed by atoms with E-state index in [9.17, 15) is 9.59 Å². The Bertz CT molecular complexity index is 376. The zero-order chi connectivity index (χ0) is 9.26. The quantitative estimate of drug-likeness (QED) is 0.627. The first-order chi connectivity index (χ1) is 6.29. The average Bonchev–Trinajstić information content (AvgIpc) is 2.16. The lowest BCUT2D eigenvalue weighted by molar-refractivity contribution is -0.116. The van der Waals surface area contributed by atoms with Gasteiger partial charge in [-0.15, -0.1) is 11.8 Å². The van der Waals surface area contributed by atoms with E-state index in [4.69, 9.17) is 0 Å². The van der Waals surface area contributed by atoms with Crippen molar-refractivity contribution in [1.29, 1.82) is 0 Å². The Morgan fingerprint density at radius 3 is 3.08 bits per heavy atom. The Balaban J connectivity index is 2.43. The fraction of sp³-hybridized carbons (Fsp3) is 0.222. The van der Waals surface area contributed by atoms with Gasteiger partial charge in [0.2, 0.25) is 0 Å². The Kier molecular flexibility index (Phi) is 2.14. The molecule has 0 fully saturated rings.